The van der Waals surface area contributed by atoms with Crippen molar-refractivity contribution in [1.29, 1.82) is 0 Å². The summed E-state index contributed by atoms with van der Waals surface area (Å²) >= 11 is 0. The Balaban J connectivity index is 1.67. The fraction of sp³-hybridized carbons (Fsp3) is 0.484. The fourth-order valence-electron chi connectivity index (χ4n) is 5.88. The number of hydrogen-bond donors (Lipinski definition) is 2. The summed E-state index contributed by atoms with van der Waals surface area (Å²) in [6.45, 7) is 3.03. The largest absolute Gasteiger partial charge is 0.390 e. The highest BCUT2D eigenvalue weighted by Gasteiger charge is 2.43. The second-order valence-corrected chi connectivity index (χ2v) is 11.1. The normalized spacial score (nSPS) is 17.5. The maximum atomic E-state index is 15.4. The highest BCUT2D eigenvalue weighted by atomic mass is 19.3. The zero-order chi connectivity index (χ0) is 31.1. The molecule has 2 aliphatic rings. The van der Waals surface area contributed by atoms with Gasteiger partial charge in [0.15, 0.2) is 0 Å². The standard InChI is InChI=1S/C31H34F3N5O4/c1-5-24(20-8-7-9-22(25(20)32)31(33,34)17-40)35-27-21-16-23(30(43-4)12-14-38(15-13-30)18(3)41)26(19-10-11-19)36-28(21)39(6-2)29(42)37-27/h1,7-9,16,19,24,40H,6,10-15,17H2,2-4H3,(H,35,37,42)/t24-/m1/s1. The average Bonchev–Trinajstić information content (AvgIpc) is 3.85. The molecule has 3 heterocycles. The number of nitrogens with zero attached hydrogens (tertiary/aromatic N) is 4. The summed E-state index contributed by atoms with van der Waals surface area (Å²) in [6.07, 6.45) is 8.69. The number of likely N-dealkylation sites (tertiary alicyclic amines) is 1. The summed E-state index contributed by atoms with van der Waals surface area (Å²) in [7, 11) is 1.63. The molecule has 0 bridgehead atoms. The number of piperidine rings is 1. The number of anilines is 1. The summed E-state index contributed by atoms with van der Waals surface area (Å²) in [6, 6.07) is 3.96. The van der Waals surface area contributed by atoms with E-state index in [1.807, 2.05) is 6.07 Å². The SMILES string of the molecule is C#C[C@@H](Nc1nc(=O)n(CC)c2nc(C3CC3)c(C3(OC)CCN(C(C)=O)CC3)cc12)c1cccc(C(F)(F)CO)c1F. The van der Waals surface area contributed by atoms with E-state index in [1.54, 1.807) is 18.9 Å². The van der Waals surface area contributed by atoms with E-state index < -0.39 is 41.2 Å². The Bertz CT molecular complexity index is 1660. The van der Waals surface area contributed by atoms with Gasteiger partial charge in [-0.2, -0.15) is 13.8 Å². The molecule has 9 nitrogen and oxygen atoms in total. The number of benzene rings is 1. The van der Waals surface area contributed by atoms with E-state index in [2.05, 4.69) is 16.2 Å². The minimum Gasteiger partial charge on any atom is -0.390 e. The van der Waals surface area contributed by atoms with E-state index >= 15 is 4.39 Å². The number of methoxy groups -OCH3 is 1. The quantitative estimate of drug-likeness (QED) is 0.356. The third-order valence-electron chi connectivity index (χ3n) is 8.54. The van der Waals surface area contributed by atoms with E-state index in [1.165, 1.54) is 23.6 Å². The van der Waals surface area contributed by atoms with E-state index in [4.69, 9.17) is 21.3 Å². The van der Waals surface area contributed by atoms with Crippen LogP contribution in [0.2, 0.25) is 0 Å². The lowest BCUT2D eigenvalue weighted by molar-refractivity contribution is -0.135. The summed E-state index contributed by atoms with van der Waals surface area (Å²) in [5.41, 5.74) is -0.610. The lowest BCUT2D eigenvalue weighted by Crippen LogP contribution is -2.46. The van der Waals surface area contributed by atoms with Crippen LogP contribution in [0.5, 0.6) is 0 Å². The first kappa shape index (κ1) is 30.5. The van der Waals surface area contributed by atoms with Gasteiger partial charge in [-0.15, -0.1) is 6.42 Å². The Morgan fingerprint density at radius 1 is 1.30 bits per heavy atom. The van der Waals surface area contributed by atoms with E-state index in [9.17, 15) is 18.4 Å². The number of carbonyl (C=O) groups is 1. The Hall–Kier alpha value is -3.95. The van der Waals surface area contributed by atoms with Gasteiger partial charge >= 0.3 is 5.69 Å². The Labute approximate surface area is 247 Å². The van der Waals surface area contributed by atoms with E-state index in [0.29, 0.717) is 37.0 Å². The zero-order valence-electron chi connectivity index (χ0n) is 24.3. The maximum Gasteiger partial charge on any atom is 0.351 e. The molecule has 1 amide bonds. The number of amides is 1. The molecule has 2 N–H and O–H groups in total. The van der Waals surface area contributed by atoms with Crippen LogP contribution in [0, 0.1) is 18.2 Å². The van der Waals surface area contributed by atoms with Crippen LogP contribution in [0.25, 0.3) is 11.0 Å². The molecule has 43 heavy (non-hydrogen) atoms. The number of aryl methyl sites for hydroxylation is 1. The van der Waals surface area contributed by atoms with Gasteiger partial charge in [-0.3, -0.25) is 9.36 Å². The summed E-state index contributed by atoms with van der Waals surface area (Å²) in [5, 5.41) is 12.5. The molecule has 2 aromatic heterocycles. The number of pyridine rings is 1. The highest BCUT2D eigenvalue weighted by Crippen LogP contribution is 2.48. The van der Waals surface area contributed by atoms with Crippen LogP contribution in [0.3, 0.4) is 0 Å². The first-order valence-corrected chi connectivity index (χ1v) is 14.3. The molecule has 1 aliphatic heterocycles. The van der Waals surface area contributed by atoms with E-state index in [0.717, 1.165) is 30.2 Å². The van der Waals surface area contributed by atoms with Gasteiger partial charge in [-0.1, -0.05) is 18.1 Å². The summed E-state index contributed by atoms with van der Waals surface area (Å²) in [5.74, 6) is -2.52. The number of fused-ring (bicyclic) bond motifs is 1. The van der Waals surface area contributed by atoms with Gasteiger partial charge in [0.2, 0.25) is 5.91 Å². The van der Waals surface area contributed by atoms with Gasteiger partial charge in [-0.05, 0) is 44.7 Å². The average molecular weight is 598 g/mol. The lowest BCUT2D eigenvalue weighted by Gasteiger charge is -2.41. The zero-order valence-corrected chi connectivity index (χ0v) is 24.3. The number of aromatic nitrogens is 3. The first-order chi connectivity index (χ1) is 20.5. The van der Waals surface area contributed by atoms with Crippen LogP contribution in [-0.2, 0) is 27.6 Å². The monoisotopic (exact) mass is 597 g/mol. The summed E-state index contributed by atoms with van der Waals surface area (Å²) in [4.78, 5) is 36.2. The highest BCUT2D eigenvalue weighted by molar-refractivity contribution is 5.88. The van der Waals surface area contributed by atoms with Gasteiger partial charge in [0.1, 0.15) is 29.9 Å². The number of aliphatic hydroxyl groups excluding tert-OH is 1. The van der Waals surface area contributed by atoms with Crippen LogP contribution in [0.15, 0.2) is 29.1 Å². The number of terminal acetylenes is 1. The third kappa shape index (κ3) is 5.47. The molecule has 0 spiro atoms. The van der Waals surface area contributed by atoms with Crippen LogP contribution >= 0.6 is 0 Å². The number of nitrogens with one attached hydrogen (secondary N) is 1. The molecule has 1 aliphatic carbocycles. The topological polar surface area (TPSA) is 110 Å². The third-order valence-corrected chi connectivity index (χ3v) is 8.54. The van der Waals surface area contributed by atoms with Gasteiger partial charge in [0.25, 0.3) is 5.92 Å². The molecular formula is C31H34F3N5O4. The molecule has 0 unspecified atom stereocenters. The molecule has 0 radical (unpaired) electrons. The second kappa shape index (κ2) is 11.6. The predicted octanol–water partition coefficient (Wildman–Crippen LogP) is 4.18. The first-order valence-electron chi connectivity index (χ1n) is 14.3. The van der Waals surface area contributed by atoms with E-state index in [-0.39, 0.29) is 29.8 Å². The molecule has 2 fully saturated rings. The molecule has 1 aromatic carbocycles. The van der Waals surface area contributed by atoms with Gasteiger partial charge < -0.3 is 20.1 Å². The summed E-state index contributed by atoms with van der Waals surface area (Å²) < 4.78 is 51.5. The van der Waals surface area contributed by atoms with Crippen molar-refractivity contribution in [2.75, 3.05) is 32.1 Å². The van der Waals surface area contributed by atoms with Crippen molar-refractivity contribution < 1.29 is 27.8 Å². The smallest absolute Gasteiger partial charge is 0.351 e. The number of hydrogen-bond acceptors (Lipinski definition) is 7. The molecule has 228 valence electrons. The van der Waals surface area contributed by atoms with Crippen LogP contribution < -0.4 is 11.0 Å². The molecule has 3 aromatic rings. The Morgan fingerprint density at radius 3 is 2.56 bits per heavy atom. The molecule has 1 atom stereocenters. The number of aliphatic hydroxyl groups is 1. The fourth-order valence-corrected chi connectivity index (χ4v) is 5.88. The predicted molar refractivity (Wildman–Crippen MR) is 154 cm³/mol. The molecule has 12 heteroatoms. The number of alkyl halides is 2. The van der Waals surface area contributed by atoms with Crippen LogP contribution in [-0.4, -0.2) is 57.3 Å². The van der Waals surface area contributed by atoms with Gasteiger partial charge in [-0.25, -0.2) is 14.2 Å². The molecule has 1 saturated carbocycles. The maximum absolute atomic E-state index is 15.4. The number of halogens is 3. The minimum atomic E-state index is -3.82. The second-order valence-electron chi connectivity index (χ2n) is 11.1. The lowest BCUT2D eigenvalue weighted by atomic mass is 9.81. The van der Waals surface area contributed by atoms with Crippen molar-refractivity contribution >= 4 is 22.8 Å². The van der Waals surface area contributed by atoms with Crippen molar-refractivity contribution in [3.63, 3.8) is 0 Å². The Kier molecular flexibility index (Phi) is 8.24. The van der Waals surface area contributed by atoms with Crippen molar-refractivity contribution in [2.45, 2.75) is 69.6 Å². The van der Waals surface area contributed by atoms with Gasteiger partial charge in [0, 0.05) is 50.7 Å². The minimum absolute atomic E-state index is 0.0141. The number of ether oxygens (including phenoxy) is 1. The molecule has 5 rings (SSSR count). The van der Waals surface area contributed by atoms with Gasteiger partial charge in [0.05, 0.1) is 22.2 Å². The van der Waals surface area contributed by atoms with Crippen molar-refractivity contribution in [3.8, 4) is 12.3 Å². The van der Waals surface area contributed by atoms with Crippen molar-refractivity contribution in [2.24, 2.45) is 0 Å². The van der Waals surface area contributed by atoms with Crippen LogP contribution in [0.4, 0.5) is 19.0 Å². The molecule has 1 saturated heterocycles. The number of rotatable bonds is 9. The van der Waals surface area contributed by atoms with Crippen molar-refractivity contribution in [3.05, 3.63) is 63.0 Å². The van der Waals surface area contributed by atoms with Crippen molar-refractivity contribution in [1.82, 2.24) is 19.4 Å². The molecular weight excluding hydrogens is 563 g/mol. The van der Waals surface area contributed by atoms with Crippen LogP contribution in [0.1, 0.15) is 73.9 Å². The number of carbonyl (C=O) groups excluding carboxylic acids is 1. The Morgan fingerprint density at radius 2 is 2.00 bits per heavy atom.